The molecular formula is C23H21NO2. The smallest absolute Gasteiger partial charge is 0.255 e. The molecule has 0 radical (unpaired) electrons. The quantitative estimate of drug-likeness (QED) is 0.664. The maximum Gasteiger partial charge on any atom is 0.255 e. The third-order valence-electron chi connectivity index (χ3n) is 4.24. The first kappa shape index (κ1) is 17.6. The van der Waals surface area contributed by atoms with Crippen molar-refractivity contribution in [3.63, 3.8) is 0 Å². The first-order chi connectivity index (χ1) is 12.5. The predicted octanol–water partition coefficient (Wildman–Crippen LogP) is 4.98. The number of hydrogen-bond acceptors (Lipinski definition) is 2. The average Bonchev–Trinajstić information content (AvgIpc) is 2.64. The monoisotopic (exact) mass is 343 g/mol. The van der Waals surface area contributed by atoms with Crippen LogP contribution in [-0.2, 0) is 6.42 Å². The van der Waals surface area contributed by atoms with Gasteiger partial charge < -0.3 is 5.32 Å². The summed E-state index contributed by atoms with van der Waals surface area (Å²) < 4.78 is 0. The fourth-order valence-electron chi connectivity index (χ4n) is 2.69. The van der Waals surface area contributed by atoms with E-state index in [1.807, 2.05) is 74.5 Å². The first-order valence-corrected chi connectivity index (χ1v) is 8.58. The molecule has 0 unspecified atom stereocenters. The van der Waals surface area contributed by atoms with Crippen molar-refractivity contribution in [1.29, 1.82) is 0 Å². The van der Waals surface area contributed by atoms with Crippen molar-refractivity contribution >= 4 is 17.4 Å². The molecule has 0 saturated heterocycles. The number of ketones is 1. The number of rotatable bonds is 5. The van der Waals surface area contributed by atoms with Crippen LogP contribution in [0, 0.1) is 13.8 Å². The molecule has 3 aromatic rings. The van der Waals surface area contributed by atoms with Gasteiger partial charge in [0.05, 0.1) is 0 Å². The second-order valence-corrected chi connectivity index (χ2v) is 6.49. The Balaban J connectivity index is 1.71. The molecule has 0 fully saturated rings. The minimum atomic E-state index is -0.182. The van der Waals surface area contributed by atoms with Gasteiger partial charge >= 0.3 is 0 Å². The van der Waals surface area contributed by atoms with Gasteiger partial charge in [-0.15, -0.1) is 0 Å². The summed E-state index contributed by atoms with van der Waals surface area (Å²) in [5, 5.41) is 2.88. The predicted molar refractivity (Wildman–Crippen MR) is 105 cm³/mol. The topological polar surface area (TPSA) is 46.2 Å². The van der Waals surface area contributed by atoms with Gasteiger partial charge in [0.15, 0.2) is 5.78 Å². The SMILES string of the molecule is Cc1ccc(NC(=O)c2cccc(CC(=O)c3ccc(C)cc3)c2)cc1. The Kier molecular flexibility index (Phi) is 5.28. The molecule has 0 aliphatic heterocycles. The van der Waals surface area contributed by atoms with Crippen LogP contribution in [0.4, 0.5) is 5.69 Å². The lowest BCUT2D eigenvalue weighted by Crippen LogP contribution is -2.12. The molecule has 3 heteroatoms. The van der Waals surface area contributed by atoms with Gasteiger partial charge in [-0.25, -0.2) is 0 Å². The molecule has 0 aliphatic rings. The summed E-state index contributed by atoms with van der Waals surface area (Å²) in [4.78, 5) is 24.9. The standard InChI is InChI=1S/C23H21NO2/c1-16-6-10-19(11-7-16)22(25)15-18-4-3-5-20(14-18)23(26)24-21-12-8-17(2)9-13-21/h3-14H,15H2,1-2H3,(H,24,26). The molecule has 1 amide bonds. The lowest BCUT2D eigenvalue weighted by Gasteiger charge is -2.08. The van der Waals surface area contributed by atoms with Crippen molar-refractivity contribution in [3.8, 4) is 0 Å². The molecule has 3 aromatic carbocycles. The zero-order valence-electron chi connectivity index (χ0n) is 15.0. The molecule has 0 aliphatic carbocycles. The zero-order valence-corrected chi connectivity index (χ0v) is 15.0. The van der Waals surface area contributed by atoms with Crippen molar-refractivity contribution in [1.82, 2.24) is 0 Å². The van der Waals surface area contributed by atoms with E-state index < -0.39 is 0 Å². The first-order valence-electron chi connectivity index (χ1n) is 8.58. The molecule has 26 heavy (non-hydrogen) atoms. The van der Waals surface area contributed by atoms with Crippen molar-refractivity contribution in [2.45, 2.75) is 20.3 Å². The lowest BCUT2D eigenvalue weighted by molar-refractivity contribution is 0.0989. The minimum Gasteiger partial charge on any atom is -0.322 e. The highest BCUT2D eigenvalue weighted by atomic mass is 16.1. The number of carbonyl (C=O) groups excluding carboxylic acids is 2. The lowest BCUT2D eigenvalue weighted by atomic mass is 10.0. The molecule has 0 saturated carbocycles. The van der Waals surface area contributed by atoms with E-state index in [4.69, 9.17) is 0 Å². The molecule has 3 nitrogen and oxygen atoms in total. The molecule has 0 aromatic heterocycles. The van der Waals surface area contributed by atoms with E-state index in [0.717, 1.165) is 22.4 Å². The second-order valence-electron chi connectivity index (χ2n) is 6.49. The number of anilines is 1. The number of carbonyl (C=O) groups is 2. The highest BCUT2D eigenvalue weighted by Gasteiger charge is 2.10. The average molecular weight is 343 g/mol. The zero-order chi connectivity index (χ0) is 18.5. The van der Waals surface area contributed by atoms with E-state index >= 15 is 0 Å². The Morgan fingerprint density at radius 3 is 2.04 bits per heavy atom. The van der Waals surface area contributed by atoms with E-state index in [0.29, 0.717) is 11.1 Å². The maximum atomic E-state index is 12.4. The number of amides is 1. The van der Waals surface area contributed by atoms with Crippen LogP contribution in [0.15, 0.2) is 72.8 Å². The van der Waals surface area contributed by atoms with Crippen LogP contribution in [0.1, 0.15) is 37.4 Å². The number of Topliss-reactive ketones (excluding diaryl/α,β-unsaturated/α-hetero) is 1. The number of aryl methyl sites for hydroxylation is 2. The Hall–Kier alpha value is -3.20. The fraction of sp³-hybridized carbons (Fsp3) is 0.130. The van der Waals surface area contributed by atoms with Gasteiger partial charge in [0.1, 0.15) is 0 Å². The van der Waals surface area contributed by atoms with Crippen LogP contribution in [-0.4, -0.2) is 11.7 Å². The second kappa shape index (κ2) is 7.79. The van der Waals surface area contributed by atoms with Crippen molar-refractivity contribution in [3.05, 3.63) is 101 Å². The van der Waals surface area contributed by atoms with E-state index in [1.54, 1.807) is 12.1 Å². The van der Waals surface area contributed by atoms with Crippen molar-refractivity contribution in [2.75, 3.05) is 5.32 Å². The van der Waals surface area contributed by atoms with E-state index in [1.165, 1.54) is 0 Å². The summed E-state index contributed by atoms with van der Waals surface area (Å²) in [6.07, 6.45) is 0.273. The third kappa shape index (κ3) is 4.45. The summed E-state index contributed by atoms with van der Waals surface area (Å²) in [5.74, 6) is -0.139. The summed E-state index contributed by atoms with van der Waals surface area (Å²) >= 11 is 0. The van der Waals surface area contributed by atoms with Crippen LogP contribution in [0.5, 0.6) is 0 Å². The fourth-order valence-corrected chi connectivity index (χ4v) is 2.69. The van der Waals surface area contributed by atoms with Crippen LogP contribution in [0.2, 0.25) is 0 Å². The summed E-state index contributed by atoms with van der Waals surface area (Å²) in [7, 11) is 0. The highest BCUT2D eigenvalue weighted by Crippen LogP contribution is 2.14. The molecule has 0 heterocycles. The molecular weight excluding hydrogens is 322 g/mol. The maximum absolute atomic E-state index is 12.4. The Labute approximate surface area is 153 Å². The van der Waals surface area contributed by atoms with Crippen LogP contribution < -0.4 is 5.32 Å². The number of hydrogen-bond donors (Lipinski definition) is 1. The van der Waals surface area contributed by atoms with Crippen molar-refractivity contribution < 1.29 is 9.59 Å². The van der Waals surface area contributed by atoms with Gasteiger partial charge in [0.2, 0.25) is 0 Å². The van der Waals surface area contributed by atoms with Gasteiger partial charge in [0.25, 0.3) is 5.91 Å². The number of nitrogens with one attached hydrogen (secondary N) is 1. The van der Waals surface area contributed by atoms with Crippen LogP contribution in [0.25, 0.3) is 0 Å². The summed E-state index contributed by atoms with van der Waals surface area (Å²) in [6, 6.07) is 22.4. The third-order valence-corrected chi connectivity index (χ3v) is 4.24. The normalized spacial score (nSPS) is 10.4. The Bertz CT molecular complexity index is 925. The van der Waals surface area contributed by atoms with Crippen molar-refractivity contribution in [2.24, 2.45) is 0 Å². The van der Waals surface area contributed by atoms with Gasteiger partial charge in [-0.2, -0.15) is 0 Å². The van der Waals surface area contributed by atoms with E-state index in [2.05, 4.69) is 5.32 Å². The van der Waals surface area contributed by atoms with Gasteiger partial charge in [-0.1, -0.05) is 59.7 Å². The molecule has 3 rings (SSSR count). The van der Waals surface area contributed by atoms with Gasteiger partial charge in [-0.05, 0) is 43.7 Å². The largest absolute Gasteiger partial charge is 0.322 e. The minimum absolute atomic E-state index is 0.0427. The Morgan fingerprint density at radius 2 is 1.38 bits per heavy atom. The molecule has 1 N–H and O–H groups in total. The molecule has 0 atom stereocenters. The number of benzene rings is 3. The molecule has 130 valence electrons. The summed E-state index contributed by atoms with van der Waals surface area (Å²) in [5.41, 5.74) is 5.06. The summed E-state index contributed by atoms with van der Waals surface area (Å²) in [6.45, 7) is 3.99. The highest BCUT2D eigenvalue weighted by molar-refractivity contribution is 6.04. The van der Waals surface area contributed by atoms with E-state index in [9.17, 15) is 9.59 Å². The Morgan fingerprint density at radius 1 is 0.769 bits per heavy atom. The van der Waals surface area contributed by atoms with Gasteiger partial charge in [-0.3, -0.25) is 9.59 Å². The van der Waals surface area contributed by atoms with E-state index in [-0.39, 0.29) is 18.1 Å². The molecule has 0 bridgehead atoms. The van der Waals surface area contributed by atoms with Crippen LogP contribution in [0.3, 0.4) is 0 Å². The van der Waals surface area contributed by atoms with Crippen LogP contribution >= 0.6 is 0 Å². The van der Waals surface area contributed by atoms with Gasteiger partial charge in [0, 0.05) is 23.2 Å². The molecule has 0 spiro atoms.